The van der Waals surface area contributed by atoms with Crippen LogP contribution in [-0.2, 0) is 10.3 Å². The first-order chi connectivity index (χ1) is 7.69. The van der Waals surface area contributed by atoms with Crippen molar-refractivity contribution in [2.45, 2.75) is 12.5 Å². The number of nitrogens with two attached hydrogens (primary N) is 1. The third-order valence-electron chi connectivity index (χ3n) is 3.06. The average Bonchev–Trinajstić information content (AvgIpc) is 2.37. The molecule has 0 aliphatic rings. The van der Waals surface area contributed by atoms with Crippen molar-refractivity contribution < 1.29 is 4.74 Å². The summed E-state index contributed by atoms with van der Waals surface area (Å²) >= 11 is 0. The Balaban J connectivity index is 2.54. The van der Waals surface area contributed by atoms with Crippen molar-refractivity contribution in [1.29, 1.82) is 0 Å². The van der Waals surface area contributed by atoms with Gasteiger partial charge in [0.05, 0.1) is 5.52 Å². The maximum Gasteiger partial charge on any atom is 0.102 e. The van der Waals surface area contributed by atoms with Crippen LogP contribution in [0.2, 0.25) is 0 Å². The third-order valence-corrected chi connectivity index (χ3v) is 3.06. The molecule has 0 amide bonds. The van der Waals surface area contributed by atoms with Gasteiger partial charge < -0.3 is 10.5 Å². The number of ether oxygens (including phenoxy) is 1. The summed E-state index contributed by atoms with van der Waals surface area (Å²) < 4.78 is 5.47. The van der Waals surface area contributed by atoms with E-state index < -0.39 is 5.60 Å². The molecule has 2 aromatic rings. The first kappa shape index (κ1) is 11.0. The second-order valence-electron chi connectivity index (χ2n) is 4.05. The zero-order valence-electron chi connectivity index (χ0n) is 9.60. The van der Waals surface area contributed by atoms with Gasteiger partial charge in [-0.25, -0.2) is 0 Å². The topological polar surface area (TPSA) is 48.1 Å². The molecule has 0 saturated heterocycles. The van der Waals surface area contributed by atoms with Gasteiger partial charge in [-0.05, 0) is 24.6 Å². The summed E-state index contributed by atoms with van der Waals surface area (Å²) in [5.74, 6) is 0. The van der Waals surface area contributed by atoms with E-state index in [2.05, 4.69) is 4.98 Å². The van der Waals surface area contributed by atoms with Crippen LogP contribution in [0.4, 0.5) is 0 Å². The molecular weight excluding hydrogens is 200 g/mol. The van der Waals surface area contributed by atoms with Crippen LogP contribution < -0.4 is 5.73 Å². The van der Waals surface area contributed by atoms with Crippen molar-refractivity contribution in [2.75, 3.05) is 13.7 Å². The third kappa shape index (κ3) is 1.79. The lowest BCUT2D eigenvalue weighted by molar-refractivity contribution is 0.0102. The summed E-state index contributed by atoms with van der Waals surface area (Å²) in [5, 5.41) is 1.13. The van der Waals surface area contributed by atoms with Gasteiger partial charge in [0.15, 0.2) is 0 Å². The van der Waals surface area contributed by atoms with E-state index in [4.69, 9.17) is 10.5 Å². The Hall–Kier alpha value is -1.45. The van der Waals surface area contributed by atoms with Crippen molar-refractivity contribution in [3.8, 4) is 0 Å². The van der Waals surface area contributed by atoms with Crippen LogP contribution in [0.25, 0.3) is 10.9 Å². The molecule has 0 fully saturated rings. The molecule has 0 saturated carbocycles. The number of benzene rings is 1. The summed E-state index contributed by atoms with van der Waals surface area (Å²) in [7, 11) is 1.68. The first-order valence-corrected chi connectivity index (χ1v) is 5.30. The summed E-state index contributed by atoms with van der Waals surface area (Å²) in [4.78, 5) is 4.33. The lowest BCUT2D eigenvalue weighted by Gasteiger charge is -2.27. The second kappa shape index (κ2) is 4.20. The fourth-order valence-corrected chi connectivity index (χ4v) is 1.71. The molecule has 1 unspecified atom stereocenters. The van der Waals surface area contributed by atoms with E-state index in [1.54, 1.807) is 13.3 Å². The molecule has 1 aromatic carbocycles. The van der Waals surface area contributed by atoms with Crippen LogP contribution in [0.3, 0.4) is 0 Å². The summed E-state index contributed by atoms with van der Waals surface area (Å²) in [6.45, 7) is 2.43. The smallest absolute Gasteiger partial charge is 0.102 e. The number of pyridine rings is 1. The Bertz CT molecular complexity index is 492. The maximum atomic E-state index is 5.75. The van der Waals surface area contributed by atoms with E-state index in [9.17, 15) is 0 Å². The van der Waals surface area contributed by atoms with Crippen LogP contribution >= 0.6 is 0 Å². The Morgan fingerprint density at radius 2 is 2.19 bits per heavy atom. The maximum absolute atomic E-state index is 5.75. The normalized spacial score (nSPS) is 14.9. The molecule has 0 radical (unpaired) electrons. The van der Waals surface area contributed by atoms with E-state index in [-0.39, 0.29) is 0 Å². The minimum atomic E-state index is -0.439. The highest BCUT2D eigenvalue weighted by molar-refractivity contribution is 5.79. The van der Waals surface area contributed by atoms with Gasteiger partial charge >= 0.3 is 0 Å². The SMILES string of the molecule is COC(C)(CN)c1ccc2cccnc2c1. The first-order valence-electron chi connectivity index (χ1n) is 5.30. The lowest BCUT2D eigenvalue weighted by atomic mass is 9.95. The molecule has 2 rings (SSSR count). The standard InChI is InChI=1S/C13H16N2O/c1-13(9-14,16-2)11-6-5-10-4-3-7-15-12(10)8-11/h3-8H,9,14H2,1-2H3. The summed E-state index contributed by atoms with van der Waals surface area (Å²) in [5.41, 5.74) is 7.34. The highest BCUT2D eigenvalue weighted by Crippen LogP contribution is 2.25. The summed E-state index contributed by atoms with van der Waals surface area (Å²) in [6, 6.07) is 10.1. The van der Waals surface area contributed by atoms with Crippen LogP contribution in [-0.4, -0.2) is 18.6 Å². The van der Waals surface area contributed by atoms with Crippen molar-refractivity contribution in [1.82, 2.24) is 4.98 Å². The van der Waals surface area contributed by atoms with Crippen molar-refractivity contribution in [2.24, 2.45) is 5.73 Å². The average molecular weight is 216 g/mol. The fourth-order valence-electron chi connectivity index (χ4n) is 1.71. The quantitative estimate of drug-likeness (QED) is 0.854. The zero-order chi connectivity index (χ0) is 11.6. The monoisotopic (exact) mass is 216 g/mol. The van der Waals surface area contributed by atoms with Crippen molar-refractivity contribution in [3.05, 3.63) is 42.1 Å². The molecule has 0 aliphatic carbocycles. The van der Waals surface area contributed by atoms with E-state index in [1.165, 1.54) is 0 Å². The number of aromatic nitrogens is 1. The molecule has 1 atom stereocenters. The number of hydrogen-bond acceptors (Lipinski definition) is 3. The molecule has 1 heterocycles. The highest BCUT2D eigenvalue weighted by atomic mass is 16.5. The van der Waals surface area contributed by atoms with Crippen LogP contribution in [0.5, 0.6) is 0 Å². The number of fused-ring (bicyclic) bond motifs is 1. The lowest BCUT2D eigenvalue weighted by Crippen LogP contribution is -2.33. The predicted octanol–water partition coefficient (Wildman–Crippen LogP) is 2.06. The largest absolute Gasteiger partial charge is 0.372 e. The van der Waals surface area contributed by atoms with Gasteiger partial charge in [-0.15, -0.1) is 0 Å². The molecule has 3 nitrogen and oxygen atoms in total. The zero-order valence-corrected chi connectivity index (χ0v) is 9.60. The van der Waals surface area contributed by atoms with Crippen molar-refractivity contribution in [3.63, 3.8) is 0 Å². The number of nitrogens with zero attached hydrogens (tertiary/aromatic N) is 1. The fraction of sp³-hybridized carbons (Fsp3) is 0.308. The Morgan fingerprint density at radius 3 is 2.88 bits per heavy atom. The molecule has 1 aromatic heterocycles. The Labute approximate surface area is 95.2 Å². The van der Waals surface area contributed by atoms with Gasteiger partial charge in [0, 0.05) is 25.2 Å². The van der Waals surface area contributed by atoms with Gasteiger partial charge in [-0.2, -0.15) is 0 Å². The van der Waals surface area contributed by atoms with Gasteiger partial charge in [0.1, 0.15) is 5.60 Å². The minimum Gasteiger partial charge on any atom is -0.372 e. The van der Waals surface area contributed by atoms with E-state index in [0.717, 1.165) is 16.5 Å². The van der Waals surface area contributed by atoms with Gasteiger partial charge in [-0.3, -0.25) is 4.98 Å². The molecule has 3 heteroatoms. The Morgan fingerprint density at radius 1 is 1.38 bits per heavy atom. The van der Waals surface area contributed by atoms with Gasteiger partial charge in [0.25, 0.3) is 0 Å². The van der Waals surface area contributed by atoms with Crippen molar-refractivity contribution >= 4 is 10.9 Å². The molecule has 16 heavy (non-hydrogen) atoms. The molecule has 84 valence electrons. The predicted molar refractivity (Wildman–Crippen MR) is 65.2 cm³/mol. The van der Waals surface area contributed by atoms with Gasteiger partial charge in [-0.1, -0.05) is 18.2 Å². The molecular formula is C13H16N2O. The Kier molecular flexibility index (Phi) is 2.90. The van der Waals surface area contributed by atoms with Gasteiger partial charge in [0.2, 0.25) is 0 Å². The summed E-state index contributed by atoms with van der Waals surface area (Å²) in [6.07, 6.45) is 1.79. The second-order valence-corrected chi connectivity index (χ2v) is 4.05. The number of rotatable bonds is 3. The van der Waals surface area contributed by atoms with Crippen LogP contribution in [0, 0.1) is 0 Å². The van der Waals surface area contributed by atoms with Crippen LogP contribution in [0.15, 0.2) is 36.5 Å². The highest BCUT2D eigenvalue weighted by Gasteiger charge is 2.24. The molecule has 0 aliphatic heterocycles. The minimum absolute atomic E-state index is 0.439. The number of hydrogen-bond donors (Lipinski definition) is 1. The molecule has 0 bridgehead atoms. The molecule has 2 N–H and O–H groups in total. The molecule has 0 spiro atoms. The van der Waals surface area contributed by atoms with E-state index >= 15 is 0 Å². The number of methoxy groups -OCH3 is 1. The van der Waals surface area contributed by atoms with E-state index in [0.29, 0.717) is 6.54 Å². The van der Waals surface area contributed by atoms with E-state index in [1.807, 2.05) is 37.3 Å². The van der Waals surface area contributed by atoms with Crippen LogP contribution in [0.1, 0.15) is 12.5 Å².